The number of aryl methyl sites for hydroxylation is 2. The zero-order chi connectivity index (χ0) is 25.3. The Bertz CT molecular complexity index is 1310. The molecule has 35 heavy (non-hydrogen) atoms. The molecule has 0 aliphatic carbocycles. The van der Waals surface area contributed by atoms with Crippen LogP contribution in [0.15, 0.2) is 51.9 Å². The SMILES string of the molecule is COc1cc(=O)n2c(c1C(=O)N(C)[C@@H](C)c1ccco1)CCN(C(=O)c1ccc(C)c(C)c1)CC2. The van der Waals surface area contributed by atoms with Crippen molar-refractivity contribution in [1.29, 1.82) is 0 Å². The van der Waals surface area contributed by atoms with Crippen molar-refractivity contribution >= 4 is 11.8 Å². The summed E-state index contributed by atoms with van der Waals surface area (Å²) in [6.45, 7) is 6.92. The normalized spacial score (nSPS) is 14.1. The van der Waals surface area contributed by atoms with Crippen LogP contribution in [0.25, 0.3) is 0 Å². The number of pyridine rings is 1. The number of fused-ring (bicyclic) bond motifs is 1. The minimum absolute atomic E-state index is 0.0858. The van der Waals surface area contributed by atoms with Crippen LogP contribution in [-0.4, -0.2) is 53.4 Å². The van der Waals surface area contributed by atoms with Gasteiger partial charge in [0.15, 0.2) is 0 Å². The first-order valence-corrected chi connectivity index (χ1v) is 11.7. The van der Waals surface area contributed by atoms with E-state index in [9.17, 15) is 14.4 Å². The molecule has 0 saturated carbocycles. The van der Waals surface area contributed by atoms with Gasteiger partial charge in [-0.05, 0) is 56.2 Å². The fourth-order valence-corrected chi connectivity index (χ4v) is 4.47. The van der Waals surface area contributed by atoms with Crippen LogP contribution < -0.4 is 10.3 Å². The van der Waals surface area contributed by atoms with Crippen LogP contribution in [0, 0.1) is 13.8 Å². The molecule has 1 aliphatic rings. The topological polar surface area (TPSA) is 85.0 Å². The van der Waals surface area contributed by atoms with Gasteiger partial charge in [-0.25, -0.2) is 0 Å². The molecular formula is C27H31N3O5. The van der Waals surface area contributed by atoms with Gasteiger partial charge in [-0.3, -0.25) is 14.4 Å². The van der Waals surface area contributed by atoms with Gasteiger partial charge in [-0.2, -0.15) is 0 Å². The molecule has 2 amide bonds. The zero-order valence-electron chi connectivity index (χ0n) is 20.8. The molecule has 4 rings (SSSR count). The molecule has 1 aliphatic heterocycles. The molecule has 0 radical (unpaired) electrons. The van der Waals surface area contributed by atoms with Crippen LogP contribution in [0.4, 0.5) is 0 Å². The number of aromatic nitrogens is 1. The molecule has 1 aromatic carbocycles. The minimum atomic E-state index is -0.316. The molecule has 184 valence electrons. The molecular weight excluding hydrogens is 446 g/mol. The lowest BCUT2D eigenvalue weighted by atomic mass is 10.0. The van der Waals surface area contributed by atoms with E-state index < -0.39 is 0 Å². The van der Waals surface area contributed by atoms with E-state index in [1.807, 2.05) is 45.0 Å². The summed E-state index contributed by atoms with van der Waals surface area (Å²) in [4.78, 5) is 43.2. The van der Waals surface area contributed by atoms with Crippen molar-refractivity contribution in [2.24, 2.45) is 0 Å². The highest BCUT2D eigenvalue weighted by Gasteiger charge is 2.30. The van der Waals surface area contributed by atoms with Gasteiger partial charge in [-0.15, -0.1) is 0 Å². The van der Waals surface area contributed by atoms with Crippen LogP contribution in [0.5, 0.6) is 5.75 Å². The van der Waals surface area contributed by atoms with Gasteiger partial charge < -0.3 is 23.5 Å². The van der Waals surface area contributed by atoms with Gasteiger partial charge >= 0.3 is 0 Å². The van der Waals surface area contributed by atoms with Gasteiger partial charge in [0.1, 0.15) is 17.1 Å². The smallest absolute Gasteiger partial charge is 0.259 e. The first kappa shape index (κ1) is 24.3. The second kappa shape index (κ2) is 9.82. The van der Waals surface area contributed by atoms with Crippen molar-refractivity contribution in [3.05, 3.63) is 86.7 Å². The summed E-state index contributed by atoms with van der Waals surface area (Å²) in [5, 5.41) is 0. The summed E-state index contributed by atoms with van der Waals surface area (Å²) in [5.74, 6) is 0.531. The van der Waals surface area contributed by atoms with E-state index in [1.54, 1.807) is 33.7 Å². The Labute approximate surface area is 204 Å². The number of hydrogen-bond donors (Lipinski definition) is 0. The van der Waals surface area contributed by atoms with Gasteiger partial charge in [0, 0.05) is 50.4 Å². The summed E-state index contributed by atoms with van der Waals surface area (Å²) in [5.41, 5.74) is 3.46. The highest BCUT2D eigenvalue weighted by molar-refractivity contribution is 5.98. The summed E-state index contributed by atoms with van der Waals surface area (Å²) < 4.78 is 12.6. The number of benzene rings is 1. The zero-order valence-corrected chi connectivity index (χ0v) is 20.8. The fraction of sp³-hybridized carbons (Fsp3) is 0.370. The third kappa shape index (κ3) is 4.60. The van der Waals surface area contributed by atoms with E-state index in [-0.39, 0.29) is 29.2 Å². The number of amides is 2. The monoisotopic (exact) mass is 477 g/mol. The lowest BCUT2D eigenvalue weighted by molar-refractivity contribution is 0.0720. The van der Waals surface area contributed by atoms with Crippen molar-refractivity contribution in [3.63, 3.8) is 0 Å². The number of carbonyl (C=O) groups is 2. The first-order chi connectivity index (χ1) is 16.7. The van der Waals surface area contributed by atoms with Crippen molar-refractivity contribution in [2.75, 3.05) is 27.2 Å². The van der Waals surface area contributed by atoms with Crippen LogP contribution in [0.1, 0.15) is 56.3 Å². The molecule has 1 atom stereocenters. The second-order valence-corrected chi connectivity index (χ2v) is 8.97. The maximum atomic E-state index is 13.7. The molecule has 0 unspecified atom stereocenters. The summed E-state index contributed by atoms with van der Waals surface area (Å²) >= 11 is 0. The molecule has 2 aromatic heterocycles. The second-order valence-electron chi connectivity index (χ2n) is 8.97. The predicted octanol–water partition coefficient (Wildman–Crippen LogP) is 3.60. The van der Waals surface area contributed by atoms with Crippen LogP contribution in [0.2, 0.25) is 0 Å². The van der Waals surface area contributed by atoms with E-state index in [0.717, 1.165) is 11.1 Å². The quantitative estimate of drug-likeness (QED) is 0.561. The average Bonchev–Trinajstić information content (AvgIpc) is 3.30. The standard InChI is InChI=1S/C27H31N3O5/c1-17-8-9-20(15-18(17)2)26(32)29-11-10-21-25(23(34-5)16-24(31)30(21)13-12-29)27(33)28(4)19(3)22-7-6-14-35-22/h6-9,14-16,19H,10-13H2,1-5H3/t19-/m0/s1. The molecule has 0 spiro atoms. The summed E-state index contributed by atoms with van der Waals surface area (Å²) in [6.07, 6.45) is 1.92. The van der Waals surface area contributed by atoms with Gasteiger partial charge in [0.2, 0.25) is 0 Å². The molecule has 0 bridgehead atoms. The Morgan fingerprint density at radius 1 is 1.09 bits per heavy atom. The van der Waals surface area contributed by atoms with E-state index in [4.69, 9.17) is 9.15 Å². The Morgan fingerprint density at radius 3 is 2.51 bits per heavy atom. The highest BCUT2D eigenvalue weighted by Crippen LogP contribution is 2.28. The van der Waals surface area contributed by atoms with E-state index >= 15 is 0 Å². The van der Waals surface area contributed by atoms with Gasteiger partial charge in [0.05, 0.1) is 19.4 Å². The van der Waals surface area contributed by atoms with Crippen LogP contribution in [0.3, 0.4) is 0 Å². The minimum Gasteiger partial charge on any atom is -0.496 e. The predicted molar refractivity (Wildman–Crippen MR) is 132 cm³/mol. The molecule has 3 heterocycles. The van der Waals surface area contributed by atoms with E-state index in [0.29, 0.717) is 48.6 Å². The molecule has 3 aromatic rings. The van der Waals surface area contributed by atoms with Crippen molar-refractivity contribution in [1.82, 2.24) is 14.4 Å². The first-order valence-electron chi connectivity index (χ1n) is 11.7. The Morgan fingerprint density at radius 2 is 1.86 bits per heavy atom. The molecule has 0 fully saturated rings. The maximum absolute atomic E-state index is 13.7. The number of carbonyl (C=O) groups excluding carboxylic acids is 2. The number of nitrogens with zero attached hydrogens (tertiary/aromatic N) is 3. The van der Waals surface area contributed by atoms with Gasteiger partial charge in [0.25, 0.3) is 17.4 Å². The number of furan rings is 1. The fourth-order valence-electron chi connectivity index (χ4n) is 4.47. The summed E-state index contributed by atoms with van der Waals surface area (Å²) in [6, 6.07) is 10.3. The number of hydrogen-bond acceptors (Lipinski definition) is 5. The Balaban J connectivity index is 1.67. The lowest BCUT2D eigenvalue weighted by Gasteiger charge is -2.26. The van der Waals surface area contributed by atoms with Crippen molar-refractivity contribution < 1.29 is 18.7 Å². The number of rotatable bonds is 5. The largest absolute Gasteiger partial charge is 0.496 e. The third-order valence-corrected chi connectivity index (χ3v) is 6.92. The van der Waals surface area contributed by atoms with Gasteiger partial charge in [-0.1, -0.05) is 6.07 Å². The van der Waals surface area contributed by atoms with Crippen molar-refractivity contribution in [3.8, 4) is 5.75 Å². The lowest BCUT2D eigenvalue weighted by Crippen LogP contribution is -2.34. The van der Waals surface area contributed by atoms with Crippen molar-refractivity contribution in [2.45, 2.75) is 39.8 Å². The molecule has 8 nitrogen and oxygen atoms in total. The maximum Gasteiger partial charge on any atom is 0.259 e. The Hall–Kier alpha value is -3.81. The molecule has 8 heteroatoms. The number of methoxy groups -OCH3 is 1. The van der Waals surface area contributed by atoms with E-state index in [1.165, 1.54) is 13.2 Å². The van der Waals surface area contributed by atoms with E-state index in [2.05, 4.69) is 0 Å². The summed E-state index contributed by atoms with van der Waals surface area (Å²) in [7, 11) is 3.15. The molecule has 0 saturated heterocycles. The third-order valence-electron chi connectivity index (χ3n) is 6.92. The average molecular weight is 478 g/mol. The van der Waals surface area contributed by atoms with Crippen LogP contribution >= 0.6 is 0 Å². The van der Waals surface area contributed by atoms with Crippen LogP contribution in [-0.2, 0) is 13.0 Å². The Kier molecular flexibility index (Phi) is 6.82. The highest BCUT2D eigenvalue weighted by atomic mass is 16.5. The number of ether oxygens (including phenoxy) is 1. The molecule has 0 N–H and O–H groups in total.